The fourth-order valence-corrected chi connectivity index (χ4v) is 11.5. The van der Waals surface area contributed by atoms with Gasteiger partial charge in [-0.2, -0.15) is 0 Å². The van der Waals surface area contributed by atoms with Gasteiger partial charge >= 0.3 is 0 Å². The molecule has 0 radical (unpaired) electrons. The van der Waals surface area contributed by atoms with Crippen molar-refractivity contribution in [3.8, 4) is 50.4 Å². The number of nitrogens with zero attached hydrogens (tertiary/aromatic N) is 3. The average molecular weight is 1000 g/mol. The average Bonchev–Trinajstić information content (AvgIpc) is 4.36. The van der Waals surface area contributed by atoms with E-state index in [0.29, 0.717) is 0 Å². The fraction of sp³-hybridized carbons (Fsp3) is 0.0400. The second-order valence-corrected chi connectivity index (χ2v) is 20.3. The van der Waals surface area contributed by atoms with E-state index in [4.69, 9.17) is 0 Å². The Morgan fingerprint density at radius 1 is 0.218 bits per heavy atom. The first-order valence-electron chi connectivity index (χ1n) is 26.9. The lowest BCUT2D eigenvalue weighted by Crippen LogP contribution is -1.95. The van der Waals surface area contributed by atoms with Crippen molar-refractivity contribution in [2.24, 2.45) is 0 Å². The highest BCUT2D eigenvalue weighted by Gasteiger charge is 2.18. The fourth-order valence-electron chi connectivity index (χ4n) is 11.5. The minimum absolute atomic E-state index is 1.19. The largest absolute Gasteiger partial charge is 0.309 e. The van der Waals surface area contributed by atoms with Crippen LogP contribution in [0, 0.1) is 20.8 Å². The van der Waals surface area contributed by atoms with Crippen LogP contribution in [0.4, 0.5) is 0 Å². The molecule has 0 unspecified atom stereocenters. The second kappa shape index (κ2) is 20.6. The molecule has 372 valence electrons. The predicted octanol–water partition coefficient (Wildman–Crippen LogP) is 20.3. The van der Waals surface area contributed by atoms with Gasteiger partial charge in [0.25, 0.3) is 0 Å². The molecular weight excluding hydrogens is 943 g/mol. The summed E-state index contributed by atoms with van der Waals surface area (Å²) < 4.78 is 7.11. The van der Waals surface area contributed by atoms with Gasteiger partial charge in [0.1, 0.15) is 0 Å². The Bertz CT molecular complexity index is 4580. The molecule has 0 aliphatic heterocycles. The number of aryl methyl sites for hydroxylation is 3. The maximum absolute atomic E-state index is 2.39. The van der Waals surface area contributed by atoms with Crippen LogP contribution in [0.3, 0.4) is 0 Å². The maximum atomic E-state index is 2.39. The summed E-state index contributed by atoms with van der Waals surface area (Å²) in [6.45, 7) is 6.42. The molecule has 0 spiro atoms. The van der Waals surface area contributed by atoms with Crippen molar-refractivity contribution in [1.82, 2.24) is 13.7 Å². The van der Waals surface area contributed by atoms with Crippen LogP contribution in [0.5, 0.6) is 0 Å². The number of benzene rings is 12. The lowest BCUT2D eigenvalue weighted by Gasteiger charge is -2.11. The molecule has 15 aromatic rings. The zero-order valence-corrected chi connectivity index (χ0v) is 44.1. The summed E-state index contributed by atoms with van der Waals surface area (Å²) in [5, 5.41) is 7.80. The Hall–Kier alpha value is -9.96. The Kier molecular flexibility index (Phi) is 12.6. The van der Waals surface area contributed by atoms with Gasteiger partial charge in [-0.15, -0.1) is 0 Å². The molecule has 78 heavy (non-hydrogen) atoms. The molecular formula is C75H57N3. The Morgan fingerprint density at radius 3 is 1.23 bits per heavy atom. The first-order valence-corrected chi connectivity index (χ1v) is 26.9. The normalized spacial score (nSPS) is 11.3. The van der Waals surface area contributed by atoms with Crippen LogP contribution in [-0.2, 0) is 0 Å². The third-order valence-corrected chi connectivity index (χ3v) is 15.2. The van der Waals surface area contributed by atoms with Gasteiger partial charge in [-0.3, -0.25) is 0 Å². The SMILES string of the molecule is Cc1ccc(-c2cccc3c2c2ccccc2n3-c2ccccc2)cc1.Cc1ccc(-c2cccc3c4ccccc4n(-c4ccccc4)c23)cc1.Cc1ccc2c(c1)c1cc(-c3ccccc3)ccc1n2-c1ccccc1. The summed E-state index contributed by atoms with van der Waals surface area (Å²) in [6, 6.07) is 104. The van der Waals surface area contributed by atoms with Gasteiger partial charge < -0.3 is 13.7 Å². The van der Waals surface area contributed by atoms with E-state index in [1.54, 1.807) is 0 Å². The Morgan fingerprint density at radius 2 is 0.615 bits per heavy atom. The van der Waals surface area contributed by atoms with E-state index in [1.807, 2.05) is 0 Å². The van der Waals surface area contributed by atoms with Gasteiger partial charge in [0, 0.05) is 54.9 Å². The molecule has 0 aliphatic rings. The molecule has 12 aromatic carbocycles. The van der Waals surface area contributed by atoms with Crippen LogP contribution in [0.15, 0.2) is 291 Å². The van der Waals surface area contributed by atoms with E-state index in [-0.39, 0.29) is 0 Å². The number of rotatable bonds is 6. The molecule has 3 nitrogen and oxygen atoms in total. The summed E-state index contributed by atoms with van der Waals surface area (Å²) in [6.07, 6.45) is 0. The summed E-state index contributed by atoms with van der Waals surface area (Å²) in [5.74, 6) is 0. The first kappa shape index (κ1) is 47.7. The Balaban J connectivity index is 0.000000111. The van der Waals surface area contributed by atoms with Crippen LogP contribution in [0.25, 0.3) is 116 Å². The first-order chi connectivity index (χ1) is 38.5. The molecule has 3 heteroatoms. The van der Waals surface area contributed by atoms with Gasteiger partial charge in [-0.05, 0) is 127 Å². The minimum Gasteiger partial charge on any atom is -0.309 e. The Labute approximate surface area is 455 Å². The van der Waals surface area contributed by atoms with Crippen molar-refractivity contribution in [1.29, 1.82) is 0 Å². The summed E-state index contributed by atoms with van der Waals surface area (Å²) in [7, 11) is 0. The summed E-state index contributed by atoms with van der Waals surface area (Å²) in [5.41, 5.74) is 22.5. The molecule has 0 fully saturated rings. The molecule has 0 N–H and O–H groups in total. The van der Waals surface area contributed by atoms with Crippen LogP contribution < -0.4 is 0 Å². The van der Waals surface area contributed by atoms with Crippen LogP contribution in [-0.4, -0.2) is 13.7 Å². The van der Waals surface area contributed by atoms with Gasteiger partial charge in [-0.25, -0.2) is 0 Å². The van der Waals surface area contributed by atoms with Gasteiger partial charge in [0.15, 0.2) is 0 Å². The van der Waals surface area contributed by atoms with Gasteiger partial charge in [0.2, 0.25) is 0 Å². The smallest absolute Gasteiger partial charge is 0.0619 e. The topological polar surface area (TPSA) is 14.8 Å². The van der Waals surface area contributed by atoms with Crippen LogP contribution >= 0.6 is 0 Å². The summed E-state index contributed by atoms with van der Waals surface area (Å²) in [4.78, 5) is 0. The molecule has 0 bridgehead atoms. The second-order valence-electron chi connectivity index (χ2n) is 20.3. The monoisotopic (exact) mass is 999 g/mol. The van der Waals surface area contributed by atoms with Crippen molar-refractivity contribution in [3.05, 3.63) is 308 Å². The minimum atomic E-state index is 1.19. The van der Waals surface area contributed by atoms with E-state index in [2.05, 4.69) is 326 Å². The predicted molar refractivity (Wildman–Crippen MR) is 333 cm³/mol. The highest BCUT2D eigenvalue weighted by molar-refractivity contribution is 6.16. The number of fused-ring (bicyclic) bond motifs is 9. The lowest BCUT2D eigenvalue weighted by molar-refractivity contribution is 1.18. The van der Waals surface area contributed by atoms with E-state index in [1.165, 1.54) is 133 Å². The van der Waals surface area contributed by atoms with E-state index >= 15 is 0 Å². The van der Waals surface area contributed by atoms with Crippen molar-refractivity contribution in [3.63, 3.8) is 0 Å². The standard InChI is InChI=1S/3C25H19N/c1-18-12-14-24-22(16-18)23-17-20(19-8-4-2-5-9-19)13-15-25(23)26(24)21-10-6-3-7-11-21;1-18-14-16-19(17-15-18)21-11-7-12-23-22-10-5-6-13-24(22)26(25(21)23)20-8-3-2-4-9-20;1-18-14-16-19(17-15-18)21-11-7-13-24-25(21)22-10-5-6-12-23(22)26(24)20-8-3-2-4-9-20/h3*2-17H,1H3. The molecule has 3 aromatic heterocycles. The quantitative estimate of drug-likeness (QED) is 0.158. The highest BCUT2D eigenvalue weighted by Crippen LogP contribution is 2.41. The number of hydrogen-bond donors (Lipinski definition) is 0. The zero-order chi connectivity index (χ0) is 52.5. The van der Waals surface area contributed by atoms with Crippen LogP contribution in [0.2, 0.25) is 0 Å². The van der Waals surface area contributed by atoms with Crippen molar-refractivity contribution in [2.45, 2.75) is 20.8 Å². The third-order valence-electron chi connectivity index (χ3n) is 15.2. The van der Waals surface area contributed by atoms with E-state index in [9.17, 15) is 0 Å². The van der Waals surface area contributed by atoms with Gasteiger partial charge in [-0.1, -0.05) is 229 Å². The van der Waals surface area contributed by atoms with E-state index in [0.717, 1.165) is 0 Å². The lowest BCUT2D eigenvalue weighted by atomic mass is 9.99. The molecule has 0 saturated heterocycles. The molecule has 15 rings (SSSR count). The summed E-state index contributed by atoms with van der Waals surface area (Å²) >= 11 is 0. The third kappa shape index (κ3) is 8.81. The molecule has 0 amide bonds. The van der Waals surface area contributed by atoms with E-state index < -0.39 is 0 Å². The molecule has 0 atom stereocenters. The molecule has 3 heterocycles. The van der Waals surface area contributed by atoms with Crippen molar-refractivity contribution in [2.75, 3.05) is 0 Å². The highest BCUT2D eigenvalue weighted by atomic mass is 15.0. The van der Waals surface area contributed by atoms with Crippen LogP contribution in [0.1, 0.15) is 16.7 Å². The molecule has 0 aliphatic carbocycles. The van der Waals surface area contributed by atoms with Crippen molar-refractivity contribution < 1.29 is 0 Å². The van der Waals surface area contributed by atoms with Gasteiger partial charge in [0.05, 0.1) is 33.1 Å². The zero-order valence-electron chi connectivity index (χ0n) is 44.1. The number of aromatic nitrogens is 3. The molecule has 0 saturated carbocycles. The maximum Gasteiger partial charge on any atom is 0.0619 e. The number of hydrogen-bond acceptors (Lipinski definition) is 0. The number of para-hydroxylation sites is 6. The van der Waals surface area contributed by atoms with Crippen molar-refractivity contribution >= 4 is 65.4 Å².